The van der Waals surface area contributed by atoms with E-state index in [1.807, 2.05) is 6.07 Å². The summed E-state index contributed by atoms with van der Waals surface area (Å²) < 4.78 is 11.9. The van der Waals surface area contributed by atoms with Crippen molar-refractivity contribution in [3.05, 3.63) is 34.2 Å². The van der Waals surface area contributed by atoms with Gasteiger partial charge >= 0.3 is 0 Å². The third-order valence-electron chi connectivity index (χ3n) is 2.43. The molecule has 0 saturated heterocycles. The number of hydrogen-bond acceptors (Lipinski definition) is 4. The molecule has 0 aromatic carbocycles. The van der Waals surface area contributed by atoms with Crippen LogP contribution in [-0.2, 0) is 22.6 Å². The van der Waals surface area contributed by atoms with E-state index in [0.29, 0.717) is 31.9 Å². The molecule has 96 valence electrons. The van der Waals surface area contributed by atoms with E-state index in [4.69, 9.17) is 15.2 Å². The summed E-state index contributed by atoms with van der Waals surface area (Å²) in [6.07, 6.45) is 2.62. The number of pyridine rings is 1. The van der Waals surface area contributed by atoms with Crippen LogP contribution in [0.25, 0.3) is 0 Å². The Balaban J connectivity index is 2.34. The number of aromatic nitrogens is 1. The minimum atomic E-state index is -0.0320. The fraction of sp³-hybridized carbons (Fsp3) is 0.583. The lowest BCUT2D eigenvalue weighted by Crippen LogP contribution is -2.26. The molecule has 1 rings (SSSR count). The predicted molar refractivity (Wildman–Crippen MR) is 65.9 cm³/mol. The van der Waals surface area contributed by atoms with Crippen LogP contribution in [0, 0.1) is 0 Å². The van der Waals surface area contributed by atoms with E-state index < -0.39 is 0 Å². The average Bonchev–Trinajstić information content (AvgIpc) is 2.35. The van der Waals surface area contributed by atoms with Crippen molar-refractivity contribution < 1.29 is 9.47 Å². The van der Waals surface area contributed by atoms with Crippen molar-refractivity contribution in [2.45, 2.75) is 19.5 Å². The van der Waals surface area contributed by atoms with Gasteiger partial charge in [0, 0.05) is 45.2 Å². The first-order chi connectivity index (χ1) is 8.29. The standard InChI is InChI=1S/C12H20N2O3/c1-16-7-3-8-17-9-6-14-5-2-4-11(10-13)12(14)15/h2,4-5H,3,6-10,13H2,1H3. The van der Waals surface area contributed by atoms with E-state index >= 15 is 0 Å². The average molecular weight is 240 g/mol. The van der Waals surface area contributed by atoms with E-state index in [9.17, 15) is 4.79 Å². The Morgan fingerprint density at radius 1 is 1.35 bits per heavy atom. The van der Waals surface area contributed by atoms with Gasteiger partial charge in [0.2, 0.25) is 0 Å². The molecule has 5 heteroatoms. The second-order valence-electron chi connectivity index (χ2n) is 3.69. The zero-order chi connectivity index (χ0) is 12.5. The first-order valence-electron chi connectivity index (χ1n) is 5.74. The third-order valence-corrected chi connectivity index (χ3v) is 2.43. The number of hydrogen-bond donors (Lipinski definition) is 1. The molecule has 0 spiro atoms. The maximum atomic E-state index is 11.8. The van der Waals surface area contributed by atoms with Crippen molar-refractivity contribution in [2.24, 2.45) is 5.73 Å². The summed E-state index contributed by atoms with van der Waals surface area (Å²) in [5.41, 5.74) is 6.07. The summed E-state index contributed by atoms with van der Waals surface area (Å²) in [4.78, 5) is 11.8. The molecule has 0 aliphatic heterocycles. The third kappa shape index (κ3) is 4.68. The van der Waals surface area contributed by atoms with E-state index in [1.165, 1.54) is 0 Å². The van der Waals surface area contributed by atoms with Crippen LogP contribution in [-0.4, -0.2) is 31.5 Å². The molecule has 0 amide bonds. The Hall–Kier alpha value is -1.17. The van der Waals surface area contributed by atoms with E-state index in [2.05, 4.69) is 0 Å². The maximum absolute atomic E-state index is 11.8. The van der Waals surface area contributed by atoms with E-state index in [1.54, 1.807) is 23.9 Å². The normalized spacial score (nSPS) is 10.7. The molecule has 0 bridgehead atoms. The topological polar surface area (TPSA) is 66.5 Å². The molecule has 1 aromatic heterocycles. The molecular formula is C12H20N2O3. The van der Waals surface area contributed by atoms with Gasteiger partial charge in [0.15, 0.2) is 0 Å². The molecule has 0 aliphatic carbocycles. The van der Waals surface area contributed by atoms with E-state index in [0.717, 1.165) is 6.42 Å². The van der Waals surface area contributed by atoms with Crippen molar-refractivity contribution in [1.29, 1.82) is 0 Å². The van der Waals surface area contributed by atoms with Crippen molar-refractivity contribution in [3.8, 4) is 0 Å². The summed E-state index contributed by atoms with van der Waals surface area (Å²) in [5.74, 6) is 0. The fourth-order valence-electron chi connectivity index (χ4n) is 1.49. The van der Waals surface area contributed by atoms with Gasteiger partial charge in [-0.1, -0.05) is 6.07 Å². The van der Waals surface area contributed by atoms with Crippen LogP contribution in [0.3, 0.4) is 0 Å². The Kier molecular flexibility index (Phi) is 6.54. The number of methoxy groups -OCH3 is 1. The van der Waals surface area contributed by atoms with Gasteiger partial charge in [0.05, 0.1) is 6.61 Å². The van der Waals surface area contributed by atoms with E-state index in [-0.39, 0.29) is 12.1 Å². The smallest absolute Gasteiger partial charge is 0.255 e. The van der Waals surface area contributed by atoms with Gasteiger partial charge in [-0.2, -0.15) is 0 Å². The van der Waals surface area contributed by atoms with Crippen LogP contribution >= 0.6 is 0 Å². The lowest BCUT2D eigenvalue weighted by Gasteiger charge is -2.08. The summed E-state index contributed by atoms with van der Waals surface area (Å²) >= 11 is 0. The zero-order valence-electron chi connectivity index (χ0n) is 10.2. The highest BCUT2D eigenvalue weighted by Crippen LogP contribution is 1.91. The molecule has 0 aliphatic rings. The monoisotopic (exact) mass is 240 g/mol. The lowest BCUT2D eigenvalue weighted by molar-refractivity contribution is 0.0972. The number of rotatable bonds is 8. The first-order valence-corrected chi connectivity index (χ1v) is 5.74. The Labute approximate surface area is 101 Å². The van der Waals surface area contributed by atoms with Gasteiger partial charge in [-0.15, -0.1) is 0 Å². The Bertz CT molecular complexity index is 376. The summed E-state index contributed by atoms with van der Waals surface area (Å²) in [6.45, 7) is 2.70. The van der Waals surface area contributed by atoms with Gasteiger partial charge < -0.3 is 19.8 Å². The van der Waals surface area contributed by atoms with Crippen LogP contribution < -0.4 is 11.3 Å². The summed E-state index contributed by atoms with van der Waals surface area (Å²) in [7, 11) is 1.66. The molecule has 2 N–H and O–H groups in total. The molecule has 5 nitrogen and oxygen atoms in total. The second-order valence-corrected chi connectivity index (χ2v) is 3.69. The van der Waals surface area contributed by atoms with Crippen molar-refractivity contribution in [1.82, 2.24) is 4.57 Å². The van der Waals surface area contributed by atoms with Gasteiger partial charge in [-0.3, -0.25) is 4.79 Å². The molecule has 0 atom stereocenters. The molecule has 0 radical (unpaired) electrons. The molecule has 17 heavy (non-hydrogen) atoms. The molecule has 0 unspecified atom stereocenters. The van der Waals surface area contributed by atoms with Crippen LogP contribution in [0.1, 0.15) is 12.0 Å². The molecule has 0 saturated carbocycles. The minimum absolute atomic E-state index is 0.0320. The minimum Gasteiger partial charge on any atom is -0.385 e. The van der Waals surface area contributed by atoms with Gasteiger partial charge in [-0.25, -0.2) is 0 Å². The first kappa shape index (κ1) is 13.9. The quantitative estimate of drug-likeness (QED) is 0.666. The highest BCUT2D eigenvalue weighted by molar-refractivity contribution is 5.09. The number of nitrogens with zero attached hydrogens (tertiary/aromatic N) is 1. The van der Waals surface area contributed by atoms with Crippen molar-refractivity contribution >= 4 is 0 Å². The van der Waals surface area contributed by atoms with Gasteiger partial charge in [0.1, 0.15) is 0 Å². The van der Waals surface area contributed by atoms with Crippen LogP contribution in [0.4, 0.5) is 0 Å². The molecular weight excluding hydrogens is 220 g/mol. The van der Waals surface area contributed by atoms with Crippen LogP contribution in [0.2, 0.25) is 0 Å². The lowest BCUT2D eigenvalue weighted by atomic mass is 10.3. The summed E-state index contributed by atoms with van der Waals surface area (Å²) in [6, 6.07) is 3.58. The van der Waals surface area contributed by atoms with Crippen molar-refractivity contribution in [2.75, 3.05) is 26.9 Å². The predicted octanol–water partition coefficient (Wildman–Crippen LogP) is 0.360. The number of ether oxygens (including phenoxy) is 2. The zero-order valence-corrected chi connectivity index (χ0v) is 10.2. The largest absolute Gasteiger partial charge is 0.385 e. The van der Waals surface area contributed by atoms with Crippen LogP contribution in [0.5, 0.6) is 0 Å². The SMILES string of the molecule is COCCCOCCn1cccc(CN)c1=O. The highest BCUT2D eigenvalue weighted by atomic mass is 16.5. The number of nitrogens with two attached hydrogens (primary N) is 1. The highest BCUT2D eigenvalue weighted by Gasteiger charge is 2.00. The molecule has 1 heterocycles. The summed E-state index contributed by atoms with van der Waals surface area (Å²) in [5, 5.41) is 0. The second kappa shape index (κ2) is 8.00. The van der Waals surface area contributed by atoms with Gasteiger partial charge in [0.25, 0.3) is 5.56 Å². The maximum Gasteiger partial charge on any atom is 0.255 e. The van der Waals surface area contributed by atoms with Crippen LogP contribution in [0.15, 0.2) is 23.1 Å². The Morgan fingerprint density at radius 3 is 2.88 bits per heavy atom. The molecule has 0 fully saturated rings. The molecule has 1 aromatic rings. The Morgan fingerprint density at radius 2 is 2.18 bits per heavy atom. The van der Waals surface area contributed by atoms with Crippen molar-refractivity contribution in [3.63, 3.8) is 0 Å². The van der Waals surface area contributed by atoms with Gasteiger partial charge in [-0.05, 0) is 12.5 Å². The fourth-order valence-corrected chi connectivity index (χ4v) is 1.49.